The minimum atomic E-state index is -0.967. The van der Waals surface area contributed by atoms with Gasteiger partial charge in [-0.05, 0) is 69.2 Å². The summed E-state index contributed by atoms with van der Waals surface area (Å²) in [5.41, 5.74) is -0.102. The number of hydrogen-bond donors (Lipinski definition) is 1. The summed E-state index contributed by atoms with van der Waals surface area (Å²) in [5, 5.41) is 9.31. The maximum Gasteiger partial charge on any atom is 0.326 e. The van der Waals surface area contributed by atoms with Crippen molar-refractivity contribution in [1.29, 1.82) is 0 Å². The Hall–Kier alpha value is -2.44. The van der Waals surface area contributed by atoms with Gasteiger partial charge < -0.3 is 14.9 Å². The monoisotopic (exact) mass is 434 g/mol. The number of carboxylic acid groups (broad SMARTS) is 1. The highest BCUT2D eigenvalue weighted by atomic mass is 19.1. The van der Waals surface area contributed by atoms with Gasteiger partial charge in [0.05, 0.1) is 0 Å². The van der Waals surface area contributed by atoms with E-state index in [1.807, 2.05) is 13.8 Å². The van der Waals surface area contributed by atoms with Crippen molar-refractivity contribution in [2.24, 2.45) is 5.41 Å². The lowest BCUT2D eigenvalue weighted by Gasteiger charge is -2.42. The first-order valence-electron chi connectivity index (χ1n) is 10.9. The Kier molecular flexibility index (Phi) is 7.84. The number of amides is 2. The molecule has 1 aliphatic heterocycles. The molecule has 1 saturated heterocycles. The molecule has 6 nitrogen and oxygen atoms in total. The number of nitrogens with zero attached hydrogens (tertiary/aromatic N) is 2. The van der Waals surface area contributed by atoms with E-state index in [1.165, 1.54) is 29.2 Å². The van der Waals surface area contributed by atoms with E-state index in [-0.39, 0.29) is 23.7 Å². The third kappa shape index (κ3) is 6.77. The second-order valence-corrected chi connectivity index (χ2v) is 10.2. The first-order valence-corrected chi connectivity index (χ1v) is 10.9. The fourth-order valence-corrected chi connectivity index (χ4v) is 4.67. The number of halogens is 1. The highest BCUT2D eigenvalue weighted by molar-refractivity contribution is 5.94. The number of rotatable bonds is 8. The molecule has 1 fully saturated rings. The maximum absolute atomic E-state index is 13.3. The Morgan fingerprint density at radius 1 is 1.13 bits per heavy atom. The number of carbonyl (C=O) groups is 3. The van der Waals surface area contributed by atoms with E-state index < -0.39 is 23.4 Å². The van der Waals surface area contributed by atoms with Crippen LogP contribution >= 0.6 is 0 Å². The molecule has 0 aliphatic carbocycles. The smallest absolute Gasteiger partial charge is 0.326 e. The molecule has 172 valence electrons. The van der Waals surface area contributed by atoms with Crippen molar-refractivity contribution < 1.29 is 23.9 Å². The largest absolute Gasteiger partial charge is 0.480 e. The molecule has 0 saturated carbocycles. The average molecular weight is 435 g/mol. The molecule has 31 heavy (non-hydrogen) atoms. The van der Waals surface area contributed by atoms with E-state index in [0.29, 0.717) is 37.9 Å². The number of carboxylic acids is 1. The molecule has 0 radical (unpaired) electrons. The second kappa shape index (κ2) is 9.79. The molecule has 1 aliphatic rings. The van der Waals surface area contributed by atoms with Crippen molar-refractivity contribution in [1.82, 2.24) is 9.80 Å². The lowest BCUT2D eigenvalue weighted by molar-refractivity contribution is -0.148. The van der Waals surface area contributed by atoms with E-state index in [2.05, 4.69) is 20.8 Å². The molecule has 1 aromatic carbocycles. The molecule has 0 bridgehead atoms. The van der Waals surface area contributed by atoms with Crippen LogP contribution < -0.4 is 0 Å². The van der Waals surface area contributed by atoms with E-state index in [9.17, 15) is 23.9 Å². The zero-order chi connectivity index (χ0) is 23.4. The molecule has 0 unspecified atom stereocenters. The molecular formula is C24H35FN2O4. The Balaban J connectivity index is 2.13. The van der Waals surface area contributed by atoms with Crippen LogP contribution in [0.4, 0.5) is 4.39 Å². The highest BCUT2D eigenvalue weighted by Gasteiger charge is 2.36. The van der Waals surface area contributed by atoms with Crippen LogP contribution in [0, 0.1) is 11.2 Å². The first kappa shape index (κ1) is 24.8. The van der Waals surface area contributed by atoms with Gasteiger partial charge in [-0.1, -0.05) is 20.8 Å². The maximum atomic E-state index is 13.3. The molecule has 7 heteroatoms. The van der Waals surface area contributed by atoms with Gasteiger partial charge in [0, 0.05) is 30.6 Å². The van der Waals surface area contributed by atoms with Gasteiger partial charge in [0.1, 0.15) is 11.9 Å². The summed E-state index contributed by atoms with van der Waals surface area (Å²) in [5.74, 6) is -1.76. The molecule has 1 N–H and O–H groups in total. The van der Waals surface area contributed by atoms with Crippen LogP contribution in [-0.4, -0.2) is 57.4 Å². The Labute approximate surface area is 184 Å². The van der Waals surface area contributed by atoms with Gasteiger partial charge in [-0.25, -0.2) is 9.18 Å². The Morgan fingerprint density at radius 2 is 1.74 bits per heavy atom. The van der Waals surface area contributed by atoms with Gasteiger partial charge in [0.2, 0.25) is 5.91 Å². The van der Waals surface area contributed by atoms with Crippen molar-refractivity contribution in [2.75, 3.05) is 13.1 Å². The molecule has 1 aromatic rings. The van der Waals surface area contributed by atoms with E-state index >= 15 is 0 Å². The van der Waals surface area contributed by atoms with Crippen molar-refractivity contribution >= 4 is 17.8 Å². The molecule has 0 aromatic heterocycles. The van der Waals surface area contributed by atoms with Crippen LogP contribution in [0.25, 0.3) is 0 Å². The summed E-state index contributed by atoms with van der Waals surface area (Å²) in [4.78, 5) is 40.5. The van der Waals surface area contributed by atoms with Gasteiger partial charge >= 0.3 is 5.97 Å². The predicted octanol–water partition coefficient (Wildman–Crippen LogP) is 4.34. The van der Waals surface area contributed by atoms with E-state index in [4.69, 9.17) is 0 Å². The summed E-state index contributed by atoms with van der Waals surface area (Å²) in [6.07, 6.45) is 2.53. The normalized spacial score (nSPS) is 17.0. The quantitative estimate of drug-likeness (QED) is 0.660. The topological polar surface area (TPSA) is 77.9 Å². The van der Waals surface area contributed by atoms with Gasteiger partial charge in [-0.3, -0.25) is 9.59 Å². The van der Waals surface area contributed by atoms with Gasteiger partial charge in [-0.2, -0.15) is 0 Å². The summed E-state index contributed by atoms with van der Waals surface area (Å²) >= 11 is 0. The Bertz CT molecular complexity index is 799. The highest BCUT2D eigenvalue weighted by Crippen LogP contribution is 2.32. The van der Waals surface area contributed by atoms with Gasteiger partial charge in [0.15, 0.2) is 0 Å². The molecular weight excluding hydrogens is 399 g/mol. The fraction of sp³-hybridized carbons (Fsp3) is 0.625. The summed E-state index contributed by atoms with van der Waals surface area (Å²) in [6, 6.07) is 4.74. The lowest BCUT2D eigenvalue weighted by Crippen LogP contribution is -2.50. The fourth-order valence-electron chi connectivity index (χ4n) is 4.67. The summed E-state index contributed by atoms with van der Waals surface area (Å²) in [7, 11) is 0. The van der Waals surface area contributed by atoms with Crippen molar-refractivity contribution in [2.45, 2.75) is 78.3 Å². The van der Waals surface area contributed by atoms with Crippen LogP contribution in [-0.2, 0) is 9.59 Å². The number of likely N-dealkylation sites (tertiary alicyclic amines) is 1. The van der Waals surface area contributed by atoms with E-state index in [0.717, 1.165) is 6.42 Å². The first-order chi connectivity index (χ1) is 14.3. The molecule has 2 rings (SSSR count). The zero-order valence-corrected chi connectivity index (χ0v) is 19.3. The number of benzene rings is 1. The minimum Gasteiger partial charge on any atom is -0.480 e. The third-order valence-corrected chi connectivity index (χ3v) is 5.66. The van der Waals surface area contributed by atoms with Crippen molar-refractivity contribution in [3.63, 3.8) is 0 Å². The number of hydrogen-bond acceptors (Lipinski definition) is 3. The van der Waals surface area contributed by atoms with Crippen molar-refractivity contribution in [3.8, 4) is 0 Å². The standard InChI is InChI=1S/C24H35FN2O4/c1-23(2,3)16-24(4,5)27(21(29)17-10-12-18(25)13-11-17)15-7-9-20(28)26-14-6-8-19(26)22(30)31/h10-13,19H,6-9,14-16H2,1-5H3,(H,30,31)/t19-/m0/s1. The SMILES string of the molecule is CC(C)(C)CC(C)(C)N(CCCC(=O)N1CCC[C@H]1C(=O)O)C(=O)c1ccc(F)cc1. The predicted molar refractivity (Wildman–Crippen MR) is 117 cm³/mol. The van der Waals surface area contributed by atoms with E-state index in [1.54, 1.807) is 4.90 Å². The summed E-state index contributed by atoms with van der Waals surface area (Å²) < 4.78 is 13.3. The average Bonchev–Trinajstić information content (AvgIpc) is 3.13. The zero-order valence-electron chi connectivity index (χ0n) is 19.3. The molecule has 1 heterocycles. The van der Waals surface area contributed by atoms with Crippen molar-refractivity contribution in [3.05, 3.63) is 35.6 Å². The van der Waals surface area contributed by atoms with Crippen LogP contribution in [0.1, 0.15) is 77.1 Å². The van der Waals surface area contributed by atoms with Crippen LogP contribution in [0.3, 0.4) is 0 Å². The minimum absolute atomic E-state index is 0.0229. The van der Waals surface area contributed by atoms with Gasteiger partial charge in [-0.15, -0.1) is 0 Å². The third-order valence-electron chi connectivity index (χ3n) is 5.66. The summed E-state index contributed by atoms with van der Waals surface area (Å²) in [6.45, 7) is 11.2. The number of aliphatic carboxylic acids is 1. The Morgan fingerprint density at radius 3 is 2.29 bits per heavy atom. The van der Waals surface area contributed by atoms with Crippen LogP contribution in [0.15, 0.2) is 24.3 Å². The molecule has 0 spiro atoms. The molecule has 1 atom stereocenters. The van der Waals surface area contributed by atoms with Gasteiger partial charge in [0.25, 0.3) is 5.91 Å². The molecule has 2 amide bonds. The second-order valence-electron chi connectivity index (χ2n) is 10.2. The number of carbonyl (C=O) groups excluding carboxylic acids is 2. The van der Waals surface area contributed by atoms with Crippen LogP contribution in [0.2, 0.25) is 0 Å². The lowest BCUT2D eigenvalue weighted by atomic mass is 9.80. The van der Waals surface area contributed by atoms with Crippen LogP contribution in [0.5, 0.6) is 0 Å².